The molecule has 0 radical (unpaired) electrons. The molecule has 4 nitrogen and oxygen atoms in total. The van der Waals surface area contributed by atoms with Crippen LogP contribution < -0.4 is 9.64 Å². The number of fused-ring (bicyclic) bond motifs is 1. The number of anilines is 1. The van der Waals surface area contributed by atoms with Gasteiger partial charge < -0.3 is 4.74 Å². The largest absolute Gasteiger partial charge is 0.497 e. The molecule has 0 spiro atoms. The zero-order valence-corrected chi connectivity index (χ0v) is 12.7. The summed E-state index contributed by atoms with van der Waals surface area (Å²) in [7, 11) is 1.54. The van der Waals surface area contributed by atoms with Gasteiger partial charge in [0, 0.05) is 9.75 Å². The van der Waals surface area contributed by atoms with Crippen molar-refractivity contribution < 1.29 is 14.3 Å². The molecule has 0 N–H and O–H groups in total. The lowest BCUT2D eigenvalue weighted by Crippen LogP contribution is -2.28. The van der Waals surface area contributed by atoms with Crippen molar-refractivity contribution in [2.45, 2.75) is 19.9 Å². The highest BCUT2D eigenvalue weighted by atomic mass is 32.1. The summed E-state index contributed by atoms with van der Waals surface area (Å²) < 4.78 is 5.11. The lowest BCUT2D eigenvalue weighted by atomic mass is 10.1. The Labute approximate surface area is 127 Å². The molecule has 0 fully saturated rings. The molecular weight excluding hydrogens is 286 g/mol. The highest BCUT2D eigenvalue weighted by Crippen LogP contribution is 2.34. The fraction of sp³-hybridized carbons (Fsp3) is 0.250. The number of ether oxygens (including phenoxy) is 1. The topological polar surface area (TPSA) is 46.6 Å². The number of nitrogens with zero attached hydrogens (tertiary/aromatic N) is 1. The van der Waals surface area contributed by atoms with Crippen LogP contribution in [0, 0.1) is 0 Å². The zero-order chi connectivity index (χ0) is 15.0. The van der Waals surface area contributed by atoms with Gasteiger partial charge in [-0.25, -0.2) is 0 Å². The molecule has 1 aromatic heterocycles. The van der Waals surface area contributed by atoms with E-state index in [9.17, 15) is 9.59 Å². The molecule has 21 heavy (non-hydrogen) atoms. The first-order chi connectivity index (χ1) is 10.1. The third-order valence-corrected chi connectivity index (χ3v) is 4.77. The number of hydrogen-bond donors (Lipinski definition) is 0. The van der Waals surface area contributed by atoms with E-state index in [0.29, 0.717) is 23.5 Å². The molecule has 1 aliphatic rings. The van der Waals surface area contributed by atoms with Gasteiger partial charge in [-0.2, -0.15) is 0 Å². The molecule has 2 aromatic rings. The van der Waals surface area contributed by atoms with Crippen LogP contribution in [0.3, 0.4) is 0 Å². The maximum absolute atomic E-state index is 12.2. The Hall–Kier alpha value is -2.14. The van der Waals surface area contributed by atoms with Crippen LogP contribution in [0.25, 0.3) is 0 Å². The minimum Gasteiger partial charge on any atom is -0.497 e. The quantitative estimate of drug-likeness (QED) is 0.815. The van der Waals surface area contributed by atoms with E-state index in [1.165, 1.54) is 4.88 Å². The number of thiophene rings is 1. The second-order valence-electron chi connectivity index (χ2n) is 4.83. The van der Waals surface area contributed by atoms with Crippen LogP contribution >= 0.6 is 11.3 Å². The molecule has 1 amide bonds. The number of amides is 1. The van der Waals surface area contributed by atoms with Gasteiger partial charge >= 0.3 is 0 Å². The minimum atomic E-state index is -0.468. The van der Waals surface area contributed by atoms with E-state index in [-0.39, 0.29) is 0 Å². The predicted octanol–water partition coefficient (Wildman–Crippen LogP) is 3.05. The number of Topliss-reactive ketones (excluding diaryl/α,β-unsaturated/α-hetero) is 1. The van der Waals surface area contributed by atoms with E-state index in [0.717, 1.165) is 11.3 Å². The van der Waals surface area contributed by atoms with Crippen LogP contribution in [0.5, 0.6) is 5.75 Å². The molecule has 2 heterocycles. The summed E-state index contributed by atoms with van der Waals surface area (Å²) in [6.07, 6.45) is 0.978. The summed E-state index contributed by atoms with van der Waals surface area (Å²) in [6, 6.07) is 9.25. The predicted molar refractivity (Wildman–Crippen MR) is 82.2 cm³/mol. The van der Waals surface area contributed by atoms with Crippen molar-refractivity contribution in [1.82, 2.24) is 0 Å². The fourth-order valence-corrected chi connectivity index (χ4v) is 3.36. The Morgan fingerprint density at radius 2 is 1.90 bits per heavy atom. The lowest BCUT2D eigenvalue weighted by molar-refractivity contribution is -0.114. The number of aryl methyl sites for hydroxylation is 1. The summed E-state index contributed by atoms with van der Waals surface area (Å²) >= 11 is 1.68. The number of carbonyl (C=O) groups is 2. The number of rotatable bonds is 4. The Morgan fingerprint density at radius 1 is 1.14 bits per heavy atom. The highest BCUT2D eigenvalue weighted by molar-refractivity contribution is 7.12. The SMILES string of the molecule is CCc1ccc(CN2C(=O)C(=O)c3cc(OC)ccc32)s1. The van der Waals surface area contributed by atoms with Gasteiger partial charge in [-0.05, 0) is 36.8 Å². The summed E-state index contributed by atoms with van der Waals surface area (Å²) in [5.74, 6) is -0.345. The van der Waals surface area contributed by atoms with Gasteiger partial charge in [0.1, 0.15) is 5.75 Å². The number of ketones is 1. The van der Waals surface area contributed by atoms with Gasteiger partial charge in [0.15, 0.2) is 0 Å². The van der Waals surface area contributed by atoms with Gasteiger partial charge in [0.05, 0.1) is 24.9 Å². The van der Waals surface area contributed by atoms with E-state index in [2.05, 4.69) is 13.0 Å². The molecule has 0 bridgehead atoms. The molecule has 0 saturated heterocycles. The monoisotopic (exact) mass is 301 g/mol. The standard InChI is InChI=1S/C16H15NO3S/c1-3-11-5-6-12(21-11)9-17-14-7-4-10(20-2)8-13(14)15(18)16(17)19/h4-8H,3,9H2,1-2H3. The number of carbonyl (C=O) groups excluding carboxylic acids is 2. The van der Waals surface area contributed by atoms with Crippen molar-refractivity contribution in [1.29, 1.82) is 0 Å². The van der Waals surface area contributed by atoms with Gasteiger partial charge in [0.2, 0.25) is 0 Å². The van der Waals surface area contributed by atoms with Gasteiger partial charge in [0.25, 0.3) is 11.7 Å². The Kier molecular flexibility index (Phi) is 3.51. The lowest BCUT2D eigenvalue weighted by Gasteiger charge is -2.15. The average molecular weight is 301 g/mol. The number of methoxy groups -OCH3 is 1. The van der Waals surface area contributed by atoms with Gasteiger partial charge in [-0.1, -0.05) is 6.92 Å². The molecule has 0 saturated carbocycles. The third kappa shape index (κ3) is 2.34. The van der Waals surface area contributed by atoms with Crippen molar-refractivity contribution in [3.8, 4) is 5.75 Å². The smallest absolute Gasteiger partial charge is 0.299 e. The highest BCUT2D eigenvalue weighted by Gasteiger charge is 2.36. The Balaban J connectivity index is 1.93. The summed E-state index contributed by atoms with van der Waals surface area (Å²) in [5, 5.41) is 0. The van der Waals surface area contributed by atoms with Crippen molar-refractivity contribution in [3.05, 3.63) is 45.6 Å². The first kappa shape index (κ1) is 13.8. The van der Waals surface area contributed by atoms with E-state index in [4.69, 9.17) is 4.74 Å². The summed E-state index contributed by atoms with van der Waals surface area (Å²) in [4.78, 5) is 28.2. The zero-order valence-electron chi connectivity index (χ0n) is 11.9. The van der Waals surface area contributed by atoms with Crippen LogP contribution in [-0.4, -0.2) is 18.8 Å². The van der Waals surface area contributed by atoms with Crippen molar-refractivity contribution in [2.75, 3.05) is 12.0 Å². The number of benzene rings is 1. The van der Waals surface area contributed by atoms with Crippen molar-refractivity contribution in [2.24, 2.45) is 0 Å². The number of hydrogen-bond acceptors (Lipinski definition) is 4. The molecule has 1 aliphatic heterocycles. The Bertz CT molecular complexity index is 720. The third-order valence-electron chi connectivity index (χ3n) is 3.56. The van der Waals surface area contributed by atoms with E-state index >= 15 is 0 Å². The van der Waals surface area contributed by atoms with Crippen molar-refractivity contribution >= 4 is 28.7 Å². The Morgan fingerprint density at radius 3 is 2.57 bits per heavy atom. The first-order valence-electron chi connectivity index (χ1n) is 6.76. The molecule has 5 heteroatoms. The van der Waals surface area contributed by atoms with Crippen LogP contribution in [0.4, 0.5) is 5.69 Å². The average Bonchev–Trinajstić information content (AvgIpc) is 3.06. The molecule has 3 rings (SSSR count). The van der Waals surface area contributed by atoms with E-state index in [1.54, 1.807) is 41.5 Å². The van der Waals surface area contributed by atoms with Crippen LogP contribution in [0.15, 0.2) is 30.3 Å². The maximum Gasteiger partial charge on any atom is 0.299 e. The molecule has 0 atom stereocenters. The molecule has 0 aliphatic carbocycles. The maximum atomic E-state index is 12.2. The summed E-state index contributed by atoms with van der Waals surface area (Å²) in [5.41, 5.74) is 1.09. The van der Waals surface area contributed by atoms with Crippen LogP contribution in [0.1, 0.15) is 27.0 Å². The fourth-order valence-electron chi connectivity index (χ4n) is 2.42. The second-order valence-corrected chi connectivity index (χ2v) is 6.08. The van der Waals surface area contributed by atoms with Crippen molar-refractivity contribution in [3.63, 3.8) is 0 Å². The molecule has 1 aromatic carbocycles. The first-order valence-corrected chi connectivity index (χ1v) is 7.57. The molecule has 108 valence electrons. The van der Waals surface area contributed by atoms with Crippen LogP contribution in [0.2, 0.25) is 0 Å². The van der Waals surface area contributed by atoms with Gasteiger partial charge in [-0.3, -0.25) is 14.5 Å². The normalized spacial score (nSPS) is 13.7. The van der Waals surface area contributed by atoms with Gasteiger partial charge in [-0.15, -0.1) is 11.3 Å². The summed E-state index contributed by atoms with van der Waals surface area (Å²) in [6.45, 7) is 2.54. The molecular formula is C16H15NO3S. The molecule has 0 unspecified atom stereocenters. The minimum absolute atomic E-state index is 0.423. The van der Waals surface area contributed by atoms with Crippen LogP contribution in [-0.2, 0) is 17.8 Å². The van der Waals surface area contributed by atoms with E-state index < -0.39 is 11.7 Å². The van der Waals surface area contributed by atoms with E-state index in [1.807, 2.05) is 6.07 Å². The second kappa shape index (κ2) is 5.33.